The number of rotatable bonds is 6. The Hall–Kier alpha value is -0.700. The van der Waals surface area contributed by atoms with Gasteiger partial charge in [-0.15, -0.1) is 11.3 Å². The Morgan fingerprint density at radius 2 is 2.21 bits per heavy atom. The molecule has 1 heterocycles. The summed E-state index contributed by atoms with van der Waals surface area (Å²) >= 11 is 1.54. The zero-order valence-electron chi connectivity index (χ0n) is 8.88. The molecule has 0 spiro atoms. The highest BCUT2D eigenvalue weighted by molar-refractivity contribution is 7.09. The molecule has 0 bridgehead atoms. The lowest BCUT2D eigenvalue weighted by molar-refractivity contribution is 0.0975. The maximum Gasteiger partial charge on any atom is 0.182 e. The molecule has 78 valence electrons. The highest BCUT2D eigenvalue weighted by Crippen LogP contribution is 2.12. The fourth-order valence-electron chi connectivity index (χ4n) is 1.33. The molecule has 0 aromatic carbocycles. The molecule has 2 nitrogen and oxygen atoms in total. The Morgan fingerprint density at radius 3 is 2.79 bits per heavy atom. The van der Waals surface area contributed by atoms with Crippen LogP contribution in [0.5, 0.6) is 0 Å². The topological polar surface area (TPSA) is 30.0 Å². The first-order valence-corrected chi connectivity index (χ1v) is 6.07. The summed E-state index contributed by atoms with van der Waals surface area (Å²) in [5, 5.41) is 2.83. The predicted octanol–water partition coefficient (Wildman–Crippen LogP) is 3.60. The van der Waals surface area contributed by atoms with E-state index in [-0.39, 0.29) is 5.78 Å². The number of unbranched alkanes of at least 4 members (excludes halogenated alkanes) is 3. The summed E-state index contributed by atoms with van der Waals surface area (Å²) in [6.07, 6.45) is 5.26. The third-order valence-electron chi connectivity index (χ3n) is 2.16. The third-order valence-corrected chi connectivity index (χ3v) is 2.94. The number of ketones is 1. The number of Topliss-reactive ketones (excluding diaryl/α,β-unsaturated/α-hetero) is 1. The van der Waals surface area contributed by atoms with E-state index in [0.29, 0.717) is 12.1 Å². The number of thiazole rings is 1. The highest BCUT2D eigenvalue weighted by atomic mass is 32.1. The van der Waals surface area contributed by atoms with Crippen LogP contribution in [-0.2, 0) is 0 Å². The van der Waals surface area contributed by atoms with E-state index in [1.807, 2.05) is 12.3 Å². The van der Waals surface area contributed by atoms with Crippen molar-refractivity contribution in [3.05, 3.63) is 16.1 Å². The van der Waals surface area contributed by atoms with E-state index in [9.17, 15) is 4.79 Å². The number of aryl methyl sites for hydroxylation is 1. The standard InChI is InChI=1S/C11H17NOS/c1-3-4-5-6-7-11(13)10-8-14-9(2)12-10/h8H,3-7H2,1-2H3. The van der Waals surface area contributed by atoms with Gasteiger partial charge in [-0.2, -0.15) is 0 Å². The Morgan fingerprint density at radius 1 is 1.43 bits per heavy atom. The SMILES string of the molecule is CCCCCCC(=O)c1csc(C)n1. The Balaban J connectivity index is 2.29. The summed E-state index contributed by atoms with van der Waals surface area (Å²) in [7, 11) is 0. The van der Waals surface area contributed by atoms with Gasteiger partial charge in [-0.1, -0.05) is 26.2 Å². The van der Waals surface area contributed by atoms with E-state index in [4.69, 9.17) is 0 Å². The van der Waals surface area contributed by atoms with E-state index in [1.54, 1.807) is 11.3 Å². The van der Waals surface area contributed by atoms with Crippen molar-refractivity contribution in [1.82, 2.24) is 4.98 Å². The molecule has 0 atom stereocenters. The van der Waals surface area contributed by atoms with E-state index in [1.165, 1.54) is 12.8 Å². The van der Waals surface area contributed by atoms with Crippen LogP contribution in [0.3, 0.4) is 0 Å². The molecular formula is C11H17NOS. The summed E-state index contributed by atoms with van der Waals surface area (Å²) in [6.45, 7) is 4.10. The summed E-state index contributed by atoms with van der Waals surface area (Å²) in [6, 6.07) is 0. The Kier molecular flexibility index (Phi) is 4.80. The predicted molar refractivity (Wildman–Crippen MR) is 59.9 cm³/mol. The van der Waals surface area contributed by atoms with E-state index in [0.717, 1.165) is 17.8 Å². The smallest absolute Gasteiger partial charge is 0.182 e. The van der Waals surface area contributed by atoms with Gasteiger partial charge in [0.25, 0.3) is 0 Å². The van der Waals surface area contributed by atoms with Crippen LogP contribution in [0, 0.1) is 6.92 Å². The summed E-state index contributed by atoms with van der Waals surface area (Å²) < 4.78 is 0. The van der Waals surface area contributed by atoms with Gasteiger partial charge in [0.1, 0.15) is 5.69 Å². The molecule has 0 saturated heterocycles. The van der Waals surface area contributed by atoms with Crippen LogP contribution in [0.15, 0.2) is 5.38 Å². The molecule has 0 radical (unpaired) electrons. The minimum Gasteiger partial charge on any atom is -0.292 e. The van der Waals surface area contributed by atoms with Crippen molar-refractivity contribution in [2.75, 3.05) is 0 Å². The molecule has 0 aliphatic rings. The molecule has 0 aliphatic carbocycles. The molecule has 3 heteroatoms. The number of aromatic nitrogens is 1. The number of hydrogen-bond acceptors (Lipinski definition) is 3. The molecule has 1 rings (SSSR count). The minimum atomic E-state index is 0.199. The van der Waals surface area contributed by atoms with Crippen LogP contribution >= 0.6 is 11.3 Å². The van der Waals surface area contributed by atoms with Gasteiger partial charge in [0, 0.05) is 11.8 Å². The molecule has 0 amide bonds. The second-order valence-corrected chi connectivity index (χ2v) is 4.55. The summed E-state index contributed by atoms with van der Waals surface area (Å²) in [5.41, 5.74) is 0.656. The van der Waals surface area contributed by atoms with Crippen molar-refractivity contribution in [3.8, 4) is 0 Å². The van der Waals surface area contributed by atoms with Crippen LogP contribution < -0.4 is 0 Å². The van der Waals surface area contributed by atoms with Gasteiger partial charge in [-0.25, -0.2) is 4.98 Å². The molecule has 0 unspecified atom stereocenters. The highest BCUT2D eigenvalue weighted by Gasteiger charge is 2.08. The zero-order valence-corrected chi connectivity index (χ0v) is 9.69. The van der Waals surface area contributed by atoms with Crippen molar-refractivity contribution in [3.63, 3.8) is 0 Å². The molecule has 1 aromatic rings. The molecular weight excluding hydrogens is 194 g/mol. The van der Waals surface area contributed by atoms with Crippen molar-refractivity contribution in [2.45, 2.75) is 46.0 Å². The van der Waals surface area contributed by atoms with Crippen LogP contribution in [0.4, 0.5) is 0 Å². The van der Waals surface area contributed by atoms with E-state index < -0.39 is 0 Å². The molecule has 14 heavy (non-hydrogen) atoms. The maximum absolute atomic E-state index is 11.6. The third kappa shape index (κ3) is 3.58. The number of hydrogen-bond donors (Lipinski definition) is 0. The summed E-state index contributed by atoms with van der Waals surface area (Å²) in [5.74, 6) is 0.199. The number of carbonyl (C=O) groups excluding carboxylic acids is 1. The van der Waals surface area contributed by atoms with Crippen LogP contribution in [0.1, 0.15) is 54.5 Å². The monoisotopic (exact) mass is 211 g/mol. The first-order valence-electron chi connectivity index (χ1n) is 5.19. The fraction of sp³-hybridized carbons (Fsp3) is 0.636. The van der Waals surface area contributed by atoms with Crippen LogP contribution in [0.2, 0.25) is 0 Å². The molecule has 1 aromatic heterocycles. The van der Waals surface area contributed by atoms with E-state index >= 15 is 0 Å². The van der Waals surface area contributed by atoms with Crippen LogP contribution in [0.25, 0.3) is 0 Å². The molecule has 0 N–H and O–H groups in total. The van der Waals surface area contributed by atoms with Gasteiger partial charge in [0.15, 0.2) is 5.78 Å². The van der Waals surface area contributed by atoms with Crippen LogP contribution in [-0.4, -0.2) is 10.8 Å². The largest absolute Gasteiger partial charge is 0.292 e. The average Bonchev–Trinajstić information content (AvgIpc) is 2.59. The van der Waals surface area contributed by atoms with Gasteiger partial charge >= 0.3 is 0 Å². The van der Waals surface area contributed by atoms with Crippen molar-refractivity contribution >= 4 is 17.1 Å². The normalized spacial score (nSPS) is 10.4. The number of carbonyl (C=O) groups is 1. The first-order chi connectivity index (χ1) is 6.74. The van der Waals surface area contributed by atoms with Crippen molar-refractivity contribution in [2.24, 2.45) is 0 Å². The lowest BCUT2D eigenvalue weighted by Crippen LogP contribution is -1.99. The molecule has 0 saturated carbocycles. The Bertz CT molecular complexity index is 293. The second kappa shape index (κ2) is 5.91. The zero-order chi connectivity index (χ0) is 10.4. The van der Waals surface area contributed by atoms with Crippen molar-refractivity contribution < 1.29 is 4.79 Å². The van der Waals surface area contributed by atoms with Gasteiger partial charge < -0.3 is 0 Å². The van der Waals surface area contributed by atoms with Gasteiger partial charge in [-0.3, -0.25) is 4.79 Å². The van der Waals surface area contributed by atoms with Gasteiger partial charge in [-0.05, 0) is 13.3 Å². The molecule has 0 aliphatic heterocycles. The maximum atomic E-state index is 11.6. The van der Waals surface area contributed by atoms with Crippen molar-refractivity contribution in [1.29, 1.82) is 0 Å². The quantitative estimate of drug-likeness (QED) is 0.531. The molecule has 0 fully saturated rings. The number of nitrogens with zero attached hydrogens (tertiary/aromatic N) is 1. The second-order valence-electron chi connectivity index (χ2n) is 3.49. The van der Waals surface area contributed by atoms with Gasteiger partial charge in [0.2, 0.25) is 0 Å². The Labute approximate surface area is 89.4 Å². The fourth-order valence-corrected chi connectivity index (χ4v) is 1.95. The summed E-state index contributed by atoms with van der Waals surface area (Å²) in [4.78, 5) is 15.7. The average molecular weight is 211 g/mol. The lowest BCUT2D eigenvalue weighted by Gasteiger charge is -1.96. The van der Waals surface area contributed by atoms with Gasteiger partial charge in [0.05, 0.1) is 5.01 Å². The minimum absolute atomic E-state index is 0.199. The lowest BCUT2D eigenvalue weighted by atomic mass is 10.1. The first kappa shape index (κ1) is 11.4. The van der Waals surface area contributed by atoms with E-state index in [2.05, 4.69) is 11.9 Å².